The number of esters is 6. The summed E-state index contributed by atoms with van der Waals surface area (Å²) in [6.45, 7) is 10.7. The van der Waals surface area contributed by atoms with E-state index in [1.807, 2.05) is 182 Å². The maximum Gasteiger partial charge on any atom is 0.340 e. The van der Waals surface area contributed by atoms with E-state index in [4.69, 9.17) is 28.4 Å². The second-order valence-electron chi connectivity index (χ2n) is 24.6. The van der Waals surface area contributed by atoms with Crippen molar-refractivity contribution in [1.29, 1.82) is 0 Å². The second kappa shape index (κ2) is 30.5. The van der Waals surface area contributed by atoms with Gasteiger partial charge in [-0.05, 0) is 74.9 Å². The van der Waals surface area contributed by atoms with Gasteiger partial charge in [-0.1, -0.05) is 182 Å². The van der Waals surface area contributed by atoms with Gasteiger partial charge in [0.25, 0.3) is 0 Å². The molecule has 18 heteroatoms. The third-order valence-corrected chi connectivity index (χ3v) is 18.3. The highest BCUT2D eigenvalue weighted by molar-refractivity contribution is 6.06. The van der Waals surface area contributed by atoms with Crippen LogP contribution in [0.4, 0.5) is 0 Å². The van der Waals surface area contributed by atoms with Gasteiger partial charge in [-0.15, -0.1) is 0 Å². The Morgan fingerprint density at radius 1 is 0.216 bits per heavy atom. The minimum atomic E-state index is -0.618. The number of benzene rings is 6. The molecule has 0 aliphatic carbocycles. The van der Waals surface area contributed by atoms with Gasteiger partial charge >= 0.3 is 35.8 Å². The molecule has 0 saturated carbocycles. The Morgan fingerprint density at radius 3 is 0.461 bits per heavy atom. The van der Waals surface area contributed by atoms with E-state index in [2.05, 4.69) is 29.9 Å². The maximum atomic E-state index is 15.2. The van der Waals surface area contributed by atoms with E-state index in [1.54, 1.807) is 41.5 Å². The van der Waals surface area contributed by atoms with Crippen molar-refractivity contribution in [2.24, 2.45) is 0 Å². The highest BCUT2D eigenvalue weighted by atomic mass is 16.5. The molecule has 6 aromatic heterocycles. The van der Waals surface area contributed by atoms with Crippen molar-refractivity contribution in [3.05, 3.63) is 284 Å². The van der Waals surface area contributed by atoms with Crippen LogP contribution in [0.5, 0.6) is 0 Å². The maximum absolute atomic E-state index is 15.2. The number of aromatic amines is 6. The summed E-state index contributed by atoms with van der Waals surface area (Å²) in [6.07, 6.45) is -0.131. The molecule has 0 spiro atoms. The normalized spacial score (nSPS) is 12.1. The molecule has 12 aromatic rings. The van der Waals surface area contributed by atoms with Crippen molar-refractivity contribution >= 4 is 35.8 Å². The number of aromatic nitrogens is 6. The van der Waals surface area contributed by atoms with Gasteiger partial charge in [0.2, 0.25) is 0 Å². The van der Waals surface area contributed by atoms with E-state index < -0.39 is 35.8 Å². The molecule has 102 heavy (non-hydrogen) atoms. The lowest BCUT2D eigenvalue weighted by molar-refractivity contribution is 0.0516. The number of hydrogen-bond acceptors (Lipinski definition) is 12. The van der Waals surface area contributed by atoms with Gasteiger partial charge in [-0.2, -0.15) is 0 Å². The minimum Gasteiger partial charge on any atom is -0.462 e. The number of ether oxygens (including phenoxy) is 6. The summed E-state index contributed by atoms with van der Waals surface area (Å²) < 4.78 is 36.2. The fourth-order valence-electron chi connectivity index (χ4n) is 14.4. The molecule has 1 aliphatic rings. The van der Waals surface area contributed by atoms with E-state index in [1.165, 1.54) is 0 Å². The molecule has 18 nitrogen and oxygen atoms in total. The van der Waals surface area contributed by atoms with Crippen LogP contribution >= 0.6 is 0 Å². The monoisotopic (exact) mass is 1360 g/mol. The van der Waals surface area contributed by atoms with Gasteiger partial charge in [0.05, 0.1) is 73.0 Å². The van der Waals surface area contributed by atoms with Crippen LogP contribution in [0.3, 0.4) is 0 Å². The van der Waals surface area contributed by atoms with Crippen molar-refractivity contribution < 1.29 is 57.2 Å². The quantitative estimate of drug-likeness (QED) is 0.0347. The Hall–Kier alpha value is -12.2. The van der Waals surface area contributed by atoms with Crippen LogP contribution in [0, 0.1) is 0 Å². The average Bonchev–Trinajstić information content (AvgIpc) is 1.60. The first-order chi connectivity index (χ1) is 49.9. The van der Waals surface area contributed by atoms with Gasteiger partial charge < -0.3 is 58.3 Å². The molecule has 0 saturated heterocycles. The lowest BCUT2D eigenvalue weighted by Gasteiger charge is -2.11. The summed E-state index contributed by atoms with van der Waals surface area (Å²) in [6, 6.07) is 56.9. The highest BCUT2D eigenvalue weighted by Crippen LogP contribution is 2.45. The number of nitrogens with one attached hydrogen (secondary N) is 6. The predicted molar refractivity (Wildman–Crippen MR) is 390 cm³/mol. The SMILES string of the molecule is CCOC(=O)c1c2[nH]c(c1-c1ccccc1)Cc1[nH]c(c(-c3ccccc3)c1C(=O)OCC)Cc1[nH]c(c(-c3ccccc3)c1C(=O)OCC)Cc1[nH]c(c(-c3ccccc3)c1C(=O)OCC)Cc1[nH]c(c(-c3ccccc3)c1C(=O)OCC)Cc1[nH]c(c(-c3ccccc3)c1C(=O)OCC)C2. The third-order valence-electron chi connectivity index (χ3n) is 18.3. The summed E-state index contributed by atoms with van der Waals surface area (Å²) in [4.78, 5) is 114. The fraction of sp³-hybridized carbons (Fsp3) is 0.214. The first-order valence-electron chi connectivity index (χ1n) is 34.6. The number of fused-ring (bicyclic) bond motifs is 12. The Balaban J connectivity index is 1.18. The Labute approximate surface area is 590 Å². The van der Waals surface area contributed by atoms with Crippen LogP contribution in [-0.4, -0.2) is 105 Å². The summed E-state index contributed by atoms with van der Waals surface area (Å²) in [5.41, 5.74) is 14.1. The summed E-state index contributed by atoms with van der Waals surface area (Å²) in [5.74, 6) is -3.71. The second-order valence-corrected chi connectivity index (χ2v) is 24.6. The number of rotatable bonds is 18. The van der Waals surface area contributed by atoms with E-state index in [9.17, 15) is 0 Å². The average molecular weight is 1360 g/mol. The van der Waals surface area contributed by atoms with E-state index >= 15 is 28.8 Å². The third kappa shape index (κ3) is 13.5. The highest BCUT2D eigenvalue weighted by Gasteiger charge is 2.37. The van der Waals surface area contributed by atoms with Crippen molar-refractivity contribution in [2.45, 2.75) is 80.1 Å². The van der Waals surface area contributed by atoms with Gasteiger partial charge in [-0.25, -0.2) is 28.8 Å². The van der Waals surface area contributed by atoms with E-state index in [0.29, 0.717) is 135 Å². The van der Waals surface area contributed by atoms with Crippen molar-refractivity contribution in [3.8, 4) is 66.8 Å². The zero-order valence-electron chi connectivity index (χ0n) is 57.7. The first kappa shape index (κ1) is 68.3. The molecule has 0 radical (unpaired) electrons. The molecule has 0 atom stereocenters. The number of H-pyrrole nitrogens is 6. The van der Waals surface area contributed by atoms with Crippen LogP contribution in [-0.2, 0) is 66.9 Å². The van der Waals surface area contributed by atoms with Gasteiger partial charge in [0.15, 0.2) is 0 Å². The van der Waals surface area contributed by atoms with E-state index in [0.717, 1.165) is 0 Å². The molecule has 1 aliphatic heterocycles. The molecule has 0 fully saturated rings. The zero-order valence-corrected chi connectivity index (χ0v) is 57.7. The Morgan fingerprint density at radius 2 is 0.343 bits per heavy atom. The zero-order chi connectivity index (χ0) is 71.0. The largest absolute Gasteiger partial charge is 0.462 e. The van der Waals surface area contributed by atoms with Crippen LogP contribution in [0.15, 0.2) is 182 Å². The molecule has 0 amide bonds. The molecule has 13 rings (SSSR count). The first-order valence-corrected chi connectivity index (χ1v) is 34.6. The summed E-state index contributed by atoms with van der Waals surface area (Å²) in [5, 5.41) is 0. The smallest absolute Gasteiger partial charge is 0.340 e. The Kier molecular flexibility index (Phi) is 20.4. The molecule has 6 aromatic carbocycles. The number of hydrogen-bond donors (Lipinski definition) is 6. The summed E-state index contributed by atoms with van der Waals surface area (Å²) >= 11 is 0. The number of carbonyl (C=O) groups is 6. The standard InChI is InChI=1S/C84H78N6O12/c1-7-97-79(91)73-61-43-56-68(50-33-21-14-22-34-50)75(81(93)99-9-3)63(86-56)45-58-70(52-37-25-16-26-38-52)77(83(95)101-11-5)65(88-58)47-60-72(54-41-29-18-30-42-54)78(84(96)102-12-6)66(90-60)48-59-71(53-39-27-17-28-40-53)76(82(94)100-10-4)64(89-59)46-57-69(51-35-23-15-24-36-51)74(80(92)98-8-2)62(87-57)44-55(85-61)67(73)49-31-19-13-20-32-49/h13-42,85-90H,7-12,43-48H2,1-6H3. The molecular formula is C84H78N6O12. The van der Waals surface area contributed by atoms with Crippen LogP contribution in [0.25, 0.3) is 66.8 Å². The van der Waals surface area contributed by atoms with Gasteiger partial charge in [-0.3, -0.25) is 0 Å². The summed E-state index contributed by atoms with van der Waals surface area (Å²) in [7, 11) is 0. The lowest BCUT2D eigenvalue weighted by atomic mass is 9.93. The minimum absolute atomic E-state index is 0.0219. The molecule has 516 valence electrons. The van der Waals surface area contributed by atoms with Crippen molar-refractivity contribution in [1.82, 2.24) is 29.9 Å². The predicted octanol–water partition coefficient (Wildman–Crippen LogP) is 16.6. The molecule has 0 unspecified atom stereocenters. The molecule has 7 heterocycles. The van der Waals surface area contributed by atoms with Gasteiger partial charge in [0, 0.05) is 140 Å². The van der Waals surface area contributed by atoms with Crippen molar-refractivity contribution in [2.75, 3.05) is 39.6 Å². The number of carbonyl (C=O) groups excluding carboxylic acids is 6. The van der Waals surface area contributed by atoms with E-state index in [-0.39, 0.29) is 112 Å². The van der Waals surface area contributed by atoms with Crippen LogP contribution < -0.4 is 0 Å². The van der Waals surface area contributed by atoms with Crippen molar-refractivity contribution in [3.63, 3.8) is 0 Å². The van der Waals surface area contributed by atoms with Crippen LogP contribution in [0.1, 0.15) is 172 Å². The van der Waals surface area contributed by atoms with Crippen LogP contribution in [0.2, 0.25) is 0 Å². The fourth-order valence-corrected chi connectivity index (χ4v) is 14.4. The Bertz CT molecular complexity index is 4240. The molecular weight excluding hydrogens is 1280 g/mol. The topological polar surface area (TPSA) is 253 Å². The lowest BCUT2D eigenvalue weighted by Crippen LogP contribution is -2.10. The molecule has 12 bridgehead atoms. The van der Waals surface area contributed by atoms with Gasteiger partial charge in [0.1, 0.15) is 0 Å². The molecule has 6 N–H and O–H groups in total.